The second-order valence-electron chi connectivity index (χ2n) is 6.54. The average molecular weight is 449 g/mol. The van der Waals surface area contributed by atoms with Gasteiger partial charge in [0.05, 0.1) is 4.92 Å². The molecule has 1 N–H and O–H groups in total. The van der Waals surface area contributed by atoms with Crippen LogP contribution in [0.1, 0.15) is 28.3 Å². The first-order chi connectivity index (χ1) is 13.5. The van der Waals surface area contributed by atoms with E-state index < -0.39 is 40.3 Å². The molecule has 1 aliphatic heterocycles. The van der Waals surface area contributed by atoms with E-state index in [1.807, 2.05) is 0 Å². The Hall–Kier alpha value is -2.52. The van der Waals surface area contributed by atoms with Crippen LogP contribution >= 0.6 is 23.2 Å². The van der Waals surface area contributed by atoms with Crippen molar-refractivity contribution in [2.75, 3.05) is 11.4 Å². The summed E-state index contributed by atoms with van der Waals surface area (Å²) in [4.78, 5) is 22.4. The lowest BCUT2D eigenvalue weighted by molar-refractivity contribution is -0.385. The maximum absolute atomic E-state index is 14.0. The van der Waals surface area contributed by atoms with Crippen LogP contribution in [0.15, 0.2) is 36.4 Å². The van der Waals surface area contributed by atoms with Crippen LogP contribution in [0.25, 0.3) is 0 Å². The molecule has 0 spiro atoms. The number of alkyl halides is 3. The molecule has 0 aromatic heterocycles. The topological polar surface area (TPSA) is 83.7 Å². The summed E-state index contributed by atoms with van der Waals surface area (Å²) in [5.41, 5.74) is -1.14. The molecule has 154 valence electrons. The summed E-state index contributed by atoms with van der Waals surface area (Å²) < 4.78 is 41.9. The minimum absolute atomic E-state index is 0.0391. The highest BCUT2D eigenvalue weighted by atomic mass is 35.5. The summed E-state index contributed by atoms with van der Waals surface area (Å²) in [5, 5.41) is 20.7. The highest BCUT2D eigenvalue weighted by molar-refractivity contribution is 6.34. The molecule has 2 aromatic rings. The van der Waals surface area contributed by atoms with Gasteiger partial charge in [-0.05, 0) is 42.3 Å². The number of carboxylic acid groups (broad SMARTS) is 1. The molecule has 11 heteroatoms. The highest BCUT2D eigenvalue weighted by Crippen LogP contribution is 2.45. The number of carboxylic acids is 1. The van der Waals surface area contributed by atoms with Crippen LogP contribution in [-0.4, -0.2) is 34.8 Å². The fourth-order valence-electron chi connectivity index (χ4n) is 3.66. The Kier molecular flexibility index (Phi) is 5.64. The van der Waals surface area contributed by atoms with E-state index in [4.69, 9.17) is 28.3 Å². The van der Waals surface area contributed by atoms with E-state index in [-0.39, 0.29) is 28.7 Å². The second-order valence-corrected chi connectivity index (χ2v) is 7.41. The Labute approximate surface area is 172 Å². The molecular formula is C18H13Cl2F3N2O4. The third kappa shape index (κ3) is 4.25. The van der Waals surface area contributed by atoms with Gasteiger partial charge in [-0.25, -0.2) is 4.79 Å². The van der Waals surface area contributed by atoms with Crippen molar-refractivity contribution in [1.29, 1.82) is 0 Å². The summed E-state index contributed by atoms with van der Waals surface area (Å²) in [6.45, 7) is -0.0391. The number of aromatic carboxylic acids is 1. The van der Waals surface area contributed by atoms with E-state index in [2.05, 4.69) is 0 Å². The summed E-state index contributed by atoms with van der Waals surface area (Å²) in [5.74, 6) is -2.53. The number of hydrogen-bond acceptors (Lipinski definition) is 4. The van der Waals surface area contributed by atoms with Crippen molar-refractivity contribution in [3.8, 4) is 0 Å². The normalized spacial score (nSPS) is 19.4. The molecule has 0 bridgehead atoms. The van der Waals surface area contributed by atoms with Crippen LogP contribution in [0, 0.1) is 10.1 Å². The Balaban J connectivity index is 2.07. The fourth-order valence-corrected chi connectivity index (χ4v) is 4.20. The molecule has 2 unspecified atom stereocenters. The molecule has 1 fully saturated rings. The molecule has 6 nitrogen and oxygen atoms in total. The maximum Gasteiger partial charge on any atom is 0.409 e. The molecule has 2 aromatic carbocycles. The zero-order valence-corrected chi connectivity index (χ0v) is 16.0. The van der Waals surface area contributed by atoms with Crippen LogP contribution in [0.4, 0.5) is 24.5 Å². The number of nitro benzene ring substituents is 1. The lowest BCUT2D eigenvalue weighted by atomic mass is 9.91. The summed E-state index contributed by atoms with van der Waals surface area (Å²) in [6.07, 6.45) is -4.55. The predicted molar refractivity (Wildman–Crippen MR) is 101 cm³/mol. The summed E-state index contributed by atoms with van der Waals surface area (Å²) in [6, 6.07) is 5.19. The van der Waals surface area contributed by atoms with Gasteiger partial charge < -0.3 is 10.0 Å². The third-order valence-electron chi connectivity index (χ3n) is 4.79. The van der Waals surface area contributed by atoms with Gasteiger partial charge in [0.2, 0.25) is 0 Å². The Morgan fingerprint density at radius 3 is 2.31 bits per heavy atom. The molecular weight excluding hydrogens is 436 g/mol. The Bertz CT molecular complexity index is 964. The number of hydrogen-bond donors (Lipinski definition) is 1. The first-order valence-electron chi connectivity index (χ1n) is 8.30. The number of nitrogens with zero attached hydrogens (tertiary/aromatic N) is 2. The van der Waals surface area contributed by atoms with Gasteiger partial charge in [-0.1, -0.05) is 23.2 Å². The van der Waals surface area contributed by atoms with Crippen molar-refractivity contribution in [3.63, 3.8) is 0 Å². The quantitative estimate of drug-likeness (QED) is 0.491. The highest BCUT2D eigenvalue weighted by Gasteiger charge is 2.52. The van der Waals surface area contributed by atoms with E-state index in [0.717, 1.165) is 23.1 Å². The Morgan fingerprint density at radius 1 is 1.17 bits per heavy atom. The molecule has 1 saturated heterocycles. The monoisotopic (exact) mass is 448 g/mol. The lowest BCUT2D eigenvalue weighted by Crippen LogP contribution is -2.44. The second kappa shape index (κ2) is 7.72. The molecule has 29 heavy (non-hydrogen) atoms. The van der Waals surface area contributed by atoms with Gasteiger partial charge in [0.25, 0.3) is 5.69 Å². The van der Waals surface area contributed by atoms with Crippen LogP contribution in [-0.2, 0) is 0 Å². The van der Waals surface area contributed by atoms with Gasteiger partial charge in [0.1, 0.15) is 11.6 Å². The molecule has 0 aliphatic carbocycles. The van der Waals surface area contributed by atoms with Gasteiger partial charge >= 0.3 is 12.1 Å². The minimum Gasteiger partial charge on any atom is -0.477 e. The number of halogens is 5. The third-order valence-corrected chi connectivity index (χ3v) is 5.22. The zero-order chi connectivity index (χ0) is 21.5. The largest absolute Gasteiger partial charge is 0.477 e. The number of nitro groups is 1. The minimum atomic E-state index is -4.66. The van der Waals surface area contributed by atoms with Gasteiger partial charge in [0.15, 0.2) is 0 Å². The molecule has 0 amide bonds. The van der Waals surface area contributed by atoms with Crippen LogP contribution in [0.5, 0.6) is 0 Å². The first kappa shape index (κ1) is 21.2. The van der Waals surface area contributed by atoms with Crippen molar-refractivity contribution in [3.05, 3.63) is 67.7 Å². The summed E-state index contributed by atoms with van der Waals surface area (Å²) in [7, 11) is 0. The zero-order valence-electron chi connectivity index (χ0n) is 14.5. The van der Waals surface area contributed by atoms with Gasteiger partial charge in [-0.3, -0.25) is 10.1 Å². The van der Waals surface area contributed by atoms with Crippen molar-refractivity contribution in [2.24, 2.45) is 0 Å². The molecule has 1 aliphatic rings. The van der Waals surface area contributed by atoms with Crippen LogP contribution in [0.3, 0.4) is 0 Å². The van der Waals surface area contributed by atoms with E-state index in [0.29, 0.717) is 5.56 Å². The molecule has 2 atom stereocenters. The molecule has 0 radical (unpaired) electrons. The molecule has 3 rings (SSSR count). The van der Waals surface area contributed by atoms with E-state index in [1.165, 1.54) is 18.2 Å². The van der Waals surface area contributed by atoms with E-state index in [9.17, 15) is 28.1 Å². The lowest BCUT2D eigenvalue weighted by Gasteiger charge is -2.32. The van der Waals surface area contributed by atoms with E-state index >= 15 is 0 Å². The van der Waals surface area contributed by atoms with E-state index in [1.54, 1.807) is 0 Å². The van der Waals surface area contributed by atoms with Gasteiger partial charge in [0, 0.05) is 34.3 Å². The smallest absolute Gasteiger partial charge is 0.409 e. The van der Waals surface area contributed by atoms with Crippen molar-refractivity contribution in [2.45, 2.75) is 24.6 Å². The first-order valence-corrected chi connectivity index (χ1v) is 9.05. The number of anilines is 1. The van der Waals surface area contributed by atoms with Crippen molar-refractivity contribution in [1.82, 2.24) is 0 Å². The Morgan fingerprint density at radius 2 is 1.79 bits per heavy atom. The van der Waals surface area contributed by atoms with Crippen molar-refractivity contribution < 1.29 is 28.0 Å². The van der Waals surface area contributed by atoms with Gasteiger partial charge in [-0.15, -0.1) is 0 Å². The predicted octanol–water partition coefficient (Wildman–Crippen LogP) is 5.52. The van der Waals surface area contributed by atoms with Crippen LogP contribution < -0.4 is 4.90 Å². The van der Waals surface area contributed by atoms with Gasteiger partial charge in [-0.2, -0.15) is 13.2 Å². The number of carbonyl (C=O) groups is 1. The maximum atomic E-state index is 14.0. The fraction of sp³-hybridized carbons (Fsp3) is 0.278. The molecule has 1 heterocycles. The average Bonchev–Trinajstić information content (AvgIpc) is 3.05. The summed E-state index contributed by atoms with van der Waals surface area (Å²) >= 11 is 11.9. The van der Waals surface area contributed by atoms with Crippen molar-refractivity contribution >= 4 is 40.5 Å². The SMILES string of the molecule is O=C(O)c1ccc(N2CCC(c3cc(Cl)cc(Cl)c3)C2C(F)(F)F)cc1[N+](=O)[O-]. The molecule has 0 saturated carbocycles. The standard InChI is InChI=1S/C18H13Cl2F3N2O4/c19-10-5-9(6-11(20)7-10)13-3-4-24(16(13)18(21,22)23)12-1-2-14(17(26)27)15(8-12)25(28)29/h1-2,5-8,13,16H,3-4H2,(H,26,27). The number of rotatable bonds is 4. The van der Waals surface area contributed by atoms with Crippen LogP contribution in [0.2, 0.25) is 10.0 Å². The number of benzene rings is 2.